The predicted octanol–water partition coefficient (Wildman–Crippen LogP) is 2.74. The summed E-state index contributed by atoms with van der Waals surface area (Å²) in [5.41, 5.74) is 2.26. The molecule has 0 radical (unpaired) electrons. The first-order chi connectivity index (χ1) is 9.74. The SMILES string of the molecule is CCNc1nc2ccccc2cc1CN(C)CCOC. The third kappa shape index (κ3) is 3.68. The van der Waals surface area contributed by atoms with Gasteiger partial charge >= 0.3 is 0 Å². The molecule has 108 valence electrons. The molecule has 0 aliphatic carbocycles. The Morgan fingerprint density at radius 3 is 2.85 bits per heavy atom. The smallest absolute Gasteiger partial charge is 0.131 e. The summed E-state index contributed by atoms with van der Waals surface area (Å²) in [7, 11) is 3.83. The fourth-order valence-electron chi connectivity index (χ4n) is 2.22. The third-order valence-electron chi connectivity index (χ3n) is 3.26. The topological polar surface area (TPSA) is 37.4 Å². The van der Waals surface area contributed by atoms with Crippen LogP contribution in [-0.4, -0.2) is 43.7 Å². The minimum Gasteiger partial charge on any atom is -0.383 e. The highest BCUT2D eigenvalue weighted by Crippen LogP contribution is 2.21. The Morgan fingerprint density at radius 2 is 2.10 bits per heavy atom. The van der Waals surface area contributed by atoms with Gasteiger partial charge in [-0.25, -0.2) is 4.98 Å². The van der Waals surface area contributed by atoms with Crippen LogP contribution in [0.1, 0.15) is 12.5 Å². The van der Waals surface area contributed by atoms with E-state index in [9.17, 15) is 0 Å². The highest BCUT2D eigenvalue weighted by molar-refractivity contribution is 5.81. The Hall–Kier alpha value is -1.65. The van der Waals surface area contributed by atoms with Gasteiger partial charge < -0.3 is 10.1 Å². The number of hydrogen-bond acceptors (Lipinski definition) is 4. The highest BCUT2D eigenvalue weighted by atomic mass is 16.5. The summed E-state index contributed by atoms with van der Waals surface area (Å²) in [6.07, 6.45) is 0. The molecule has 0 atom stereocenters. The van der Waals surface area contributed by atoms with Crippen molar-refractivity contribution in [3.05, 3.63) is 35.9 Å². The van der Waals surface area contributed by atoms with Crippen LogP contribution in [0.2, 0.25) is 0 Å². The van der Waals surface area contributed by atoms with E-state index < -0.39 is 0 Å². The largest absolute Gasteiger partial charge is 0.383 e. The summed E-state index contributed by atoms with van der Waals surface area (Å²) in [6.45, 7) is 5.49. The number of nitrogens with one attached hydrogen (secondary N) is 1. The summed E-state index contributed by atoms with van der Waals surface area (Å²) in [5, 5.41) is 4.55. The molecule has 0 amide bonds. The Kier molecular flexibility index (Phi) is 5.32. The number of pyridine rings is 1. The van der Waals surface area contributed by atoms with Crippen LogP contribution in [0.3, 0.4) is 0 Å². The summed E-state index contributed by atoms with van der Waals surface area (Å²) in [6, 6.07) is 10.5. The Labute approximate surface area is 120 Å². The van der Waals surface area contributed by atoms with E-state index in [0.717, 1.165) is 37.6 Å². The zero-order chi connectivity index (χ0) is 14.4. The second kappa shape index (κ2) is 7.22. The average Bonchev–Trinajstić information content (AvgIpc) is 2.46. The number of likely N-dealkylation sites (N-methyl/N-ethyl adjacent to an activating group) is 1. The second-order valence-electron chi connectivity index (χ2n) is 4.95. The van der Waals surface area contributed by atoms with E-state index in [0.29, 0.717) is 0 Å². The molecule has 2 aromatic rings. The number of fused-ring (bicyclic) bond motifs is 1. The molecule has 0 spiro atoms. The van der Waals surface area contributed by atoms with Crippen LogP contribution < -0.4 is 5.32 Å². The predicted molar refractivity (Wildman–Crippen MR) is 84.1 cm³/mol. The summed E-state index contributed by atoms with van der Waals surface area (Å²) in [5.74, 6) is 0.982. The van der Waals surface area contributed by atoms with Gasteiger partial charge in [0.25, 0.3) is 0 Å². The molecular weight excluding hydrogens is 250 g/mol. The van der Waals surface area contributed by atoms with Gasteiger partial charge in [-0.1, -0.05) is 18.2 Å². The van der Waals surface area contributed by atoms with Crippen LogP contribution in [0, 0.1) is 0 Å². The maximum Gasteiger partial charge on any atom is 0.131 e. The molecular formula is C16H23N3O. The van der Waals surface area contributed by atoms with Crippen molar-refractivity contribution in [3.63, 3.8) is 0 Å². The first-order valence-corrected chi connectivity index (χ1v) is 7.04. The van der Waals surface area contributed by atoms with Gasteiger partial charge in [0.2, 0.25) is 0 Å². The highest BCUT2D eigenvalue weighted by Gasteiger charge is 2.08. The molecule has 4 heteroatoms. The lowest BCUT2D eigenvalue weighted by atomic mass is 10.1. The molecule has 1 aromatic heterocycles. The molecule has 0 bridgehead atoms. The summed E-state index contributed by atoms with van der Waals surface area (Å²) < 4.78 is 5.13. The van der Waals surface area contributed by atoms with Gasteiger partial charge in [0.05, 0.1) is 12.1 Å². The minimum absolute atomic E-state index is 0.744. The second-order valence-corrected chi connectivity index (χ2v) is 4.95. The maximum absolute atomic E-state index is 5.13. The van der Waals surface area contributed by atoms with Gasteiger partial charge in [0.15, 0.2) is 0 Å². The Bertz CT molecular complexity index is 556. The average molecular weight is 273 g/mol. The van der Waals surface area contributed by atoms with E-state index >= 15 is 0 Å². The van der Waals surface area contributed by atoms with E-state index in [4.69, 9.17) is 9.72 Å². The zero-order valence-corrected chi connectivity index (χ0v) is 12.5. The molecule has 1 aromatic carbocycles. The number of para-hydroxylation sites is 1. The maximum atomic E-state index is 5.13. The number of aromatic nitrogens is 1. The van der Waals surface area contributed by atoms with Gasteiger partial charge in [-0.05, 0) is 26.1 Å². The van der Waals surface area contributed by atoms with Gasteiger partial charge in [-0.15, -0.1) is 0 Å². The van der Waals surface area contributed by atoms with Crippen molar-refractivity contribution in [3.8, 4) is 0 Å². The summed E-state index contributed by atoms with van der Waals surface area (Å²) >= 11 is 0. The molecule has 0 aliphatic rings. The van der Waals surface area contributed by atoms with Crippen LogP contribution >= 0.6 is 0 Å². The van der Waals surface area contributed by atoms with Crippen molar-refractivity contribution < 1.29 is 4.74 Å². The monoisotopic (exact) mass is 273 g/mol. The fraction of sp³-hybridized carbons (Fsp3) is 0.438. The van der Waals surface area contributed by atoms with E-state index in [1.807, 2.05) is 6.07 Å². The number of methoxy groups -OCH3 is 1. The normalized spacial score (nSPS) is 11.2. The van der Waals surface area contributed by atoms with Crippen LogP contribution in [0.4, 0.5) is 5.82 Å². The number of rotatable bonds is 7. The Balaban J connectivity index is 2.26. The fourth-order valence-corrected chi connectivity index (χ4v) is 2.22. The quantitative estimate of drug-likeness (QED) is 0.841. The van der Waals surface area contributed by atoms with E-state index in [1.54, 1.807) is 7.11 Å². The number of nitrogens with zero attached hydrogens (tertiary/aromatic N) is 2. The van der Waals surface area contributed by atoms with E-state index in [1.165, 1.54) is 10.9 Å². The number of ether oxygens (including phenoxy) is 1. The lowest BCUT2D eigenvalue weighted by molar-refractivity contribution is 0.158. The van der Waals surface area contributed by atoms with Crippen LogP contribution in [0.5, 0.6) is 0 Å². The van der Waals surface area contributed by atoms with Gasteiger partial charge in [-0.2, -0.15) is 0 Å². The molecule has 0 unspecified atom stereocenters. The van der Waals surface area contributed by atoms with Crippen LogP contribution in [0.15, 0.2) is 30.3 Å². The summed E-state index contributed by atoms with van der Waals surface area (Å²) in [4.78, 5) is 6.98. The molecule has 0 fully saturated rings. The molecule has 4 nitrogen and oxygen atoms in total. The van der Waals surface area contributed by atoms with Crippen LogP contribution in [0.25, 0.3) is 10.9 Å². The van der Waals surface area contributed by atoms with Gasteiger partial charge in [-0.3, -0.25) is 4.90 Å². The van der Waals surface area contributed by atoms with Gasteiger partial charge in [0.1, 0.15) is 5.82 Å². The van der Waals surface area contributed by atoms with Crippen molar-refractivity contribution in [2.75, 3.05) is 39.2 Å². The van der Waals surface area contributed by atoms with Crippen LogP contribution in [-0.2, 0) is 11.3 Å². The standard InChI is InChI=1S/C16H23N3O/c1-4-17-16-14(12-19(2)9-10-20-3)11-13-7-5-6-8-15(13)18-16/h5-8,11H,4,9-10,12H2,1-3H3,(H,17,18). The third-order valence-corrected chi connectivity index (χ3v) is 3.26. The molecule has 20 heavy (non-hydrogen) atoms. The van der Waals surface area contributed by atoms with E-state index in [-0.39, 0.29) is 0 Å². The lowest BCUT2D eigenvalue weighted by Crippen LogP contribution is -2.23. The Morgan fingerprint density at radius 1 is 1.30 bits per heavy atom. The zero-order valence-electron chi connectivity index (χ0n) is 12.5. The number of hydrogen-bond donors (Lipinski definition) is 1. The lowest BCUT2D eigenvalue weighted by Gasteiger charge is -2.19. The van der Waals surface area contributed by atoms with Crippen molar-refractivity contribution in [2.24, 2.45) is 0 Å². The number of benzene rings is 1. The molecule has 1 N–H and O–H groups in total. The van der Waals surface area contributed by atoms with Gasteiger partial charge in [0, 0.05) is 37.7 Å². The van der Waals surface area contributed by atoms with Crippen molar-refractivity contribution in [2.45, 2.75) is 13.5 Å². The molecule has 2 rings (SSSR count). The first kappa shape index (κ1) is 14.8. The molecule has 0 saturated heterocycles. The van der Waals surface area contributed by atoms with Crippen molar-refractivity contribution in [1.82, 2.24) is 9.88 Å². The van der Waals surface area contributed by atoms with E-state index in [2.05, 4.69) is 48.5 Å². The molecule has 0 saturated carbocycles. The first-order valence-electron chi connectivity index (χ1n) is 7.04. The molecule has 1 heterocycles. The number of anilines is 1. The van der Waals surface area contributed by atoms with Crippen molar-refractivity contribution in [1.29, 1.82) is 0 Å². The minimum atomic E-state index is 0.744. The van der Waals surface area contributed by atoms with Crippen molar-refractivity contribution >= 4 is 16.7 Å². The molecule has 0 aliphatic heterocycles.